The Morgan fingerprint density at radius 1 is 1.38 bits per heavy atom. The minimum Gasteiger partial charge on any atom is -0.390 e. The SMILES string of the molecule is CC(C)C1CC/C1=N/OC(C)(C)C. The molecule has 1 unspecified atom stereocenters. The molecule has 1 rings (SSSR count). The predicted molar refractivity (Wildman–Crippen MR) is 55.8 cm³/mol. The first-order chi connectivity index (χ1) is 5.90. The first-order valence-corrected chi connectivity index (χ1v) is 5.15. The molecule has 0 spiro atoms. The van der Waals surface area contributed by atoms with Gasteiger partial charge in [-0.2, -0.15) is 0 Å². The number of hydrogen-bond donors (Lipinski definition) is 0. The topological polar surface area (TPSA) is 21.6 Å². The highest BCUT2D eigenvalue weighted by Crippen LogP contribution is 2.31. The lowest BCUT2D eigenvalue weighted by Crippen LogP contribution is -2.31. The molecule has 1 atom stereocenters. The summed E-state index contributed by atoms with van der Waals surface area (Å²) in [5, 5.41) is 4.22. The molecular formula is C11H21NO. The van der Waals surface area contributed by atoms with Crippen molar-refractivity contribution in [2.75, 3.05) is 0 Å². The van der Waals surface area contributed by atoms with E-state index < -0.39 is 0 Å². The van der Waals surface area contributed by atoms with Gasteiger partial charge < -0.3 is 4.84 Å². The largest absolute Gasteiger partial charge is 0.390 e. The summed E-state index contributed by atoms with van der Waals surface area (Å²) < 4.78 is 0. The molecule has 1 saturated carbocycles. The summed E-state index contributed by atoms with van der Waals surface area (Å²) in [6.45, 7) is 10.6. The Balaban J connectivity index is 2.44. The Bertz CT molecular complexity index is 201. The van der Waals surface area contributed by atoms with Crippen molar-refractivity contribution in [1.29, 1.82) is 0 Å². The van der Waals surface area contributed by atoms with Crippen LogP contribution in [-0.4, -0.2) is 11.3 Å². The molecule has 1 aliphatic rings. The third-order valence-corrected chi connectivity index (χ3v) is 2.38. The zero-order chi connectivity index (χ0) is 10.1. The fourth-order valence-corrected chi connectivity index (χ4v) is 1.47. The van der Waals surface area contributed by atoms with Gasteiger partial charge in [-0.05, 0) is 39.5 Å². The van der Waals surface area contributed by atoms with Gasteiger partial charge in [0.2, 0.25) is 0 Å². The highest BCUT2D eigenvalue weighted by atomic mass is 16.6. The van der Waals surface area contributed by atoms with E-state index >= 15 is 0 Å². The second-order valence-corrected chi connectivity index (χ2v) is 5.18. The molecule has 0 aromatic rings. The summed E-state index contributed by atoms with van der Waals surface area (Å²) in [6.07, 6.45) is 2.41. The van der Waals surface area contributed by atoms with Gasteiger partial charge in [0.05, 0.1) is 5.71 Å². The second kappa shape index (κ2) is 3.69. The maximum absolute atomic E-state index is 5.40. The van der Waals surface area contributed by atoms with Gasteiger partial charge in [0.25, 0.3) is 0 Å². The molecule has 2 heteroatoms. The molecule has 0 N–H and O–H groups in total. The lowest BCUT2D eigenvalue weighted by molar-refractivity contribution is -0.00182. The van der Waals surface area contributed by atoms with Gasteiger partial charge in [0.15, 0.2) is 0 Å². The van der Waals surface area contributed by atoms with Crippen LogP contribution in [-0.2, 0) is 4.84 Å². The molecule has 0 bridgehead atoms. The molecule has 2 nitrogen and oxygen atoms in total. The quantitative estimate of drug-likeness (QED) is 0.602. The van der Waals surface area contributed by atoms with E-state index in [1.54, 1.807) is 0 Å². The molecular weight excluding hydrogens is 162 g/mol. The fourth-order valence-electron chi connectivity index (χ4n) is 1.47. The van der Waals surface area contributed by atoms with E-state index in [9.17, 15) is 0 Å². The van der Waals surface area contributed by atoms with Crippen molar-refractivity contribution in [2.45, 2.75) is 53.1 Å². The van der Waals surface area contributed by atoms with E-state index in [-0.39, 0.29) is 5.60 Å². The second-order valence-electron chi connectivity index (χ2n) is 5.18. The third kappa shape index (κ3) is 3.02. The predicted octanol–water partition coefficient (Wildman–Crippen LogP) is 3.22. The average Bonchev–Trinajstić information content (AvgIpc) is 1.79. The van der Waals surface area contributed by atoms with Crippen molar-refractivity contribution in [1.82, 2.24) is 0 Å². The minimum atomic E-state index is -0.149. The molecule has 76 valence electrons. The van der Waals surface area contributed by atoms with Gasteiger partial charge in [-0.3, -0.25) is 0 Å². The summed E-state index contributed by atoms with van der Waals surface area (Å²) in [5.41, 5.74) is 1.11. The summed E-state index contributed by atoms with van der Waals surface area (Å²) in [4.78, 5) is 5.40. The Labute approximate surface area is 81.3 Å². The van der Waals surface area contributed by atoms with Crippen LogP contribution in [0.25, 0.3) is 0 Å². The molecule has 0 radical (unpaired) electrons. The number of rotatable bonds is 2. The summed E-state index contributed by atoms with van der Waals surface area (Å²) in [7, 11) is 0. The highest BCUT2D eigenvalue weighted by Gasteiger charge is 2.29. The monoisotopic (exact) mass is 183 g/mol. The zero-order valence-electron chi connectivity index (χ0n) is 9.42. The van der Waals surface area contributed by atoms with Crippen molar-refractivity contribution in [3.8, 4) is 0 Å². The Hall–Kier alpha value is -0.530. The maximum Gasteiger partial charge on any atom is 0.129 e. The van der Waals surface area contributed by atoms with Crippen molar-refractivity contribution in [3.05, 3.63) is 0 Å². The number of nitrogens with zero attached hydrogens (tertiary/aromatic N) is 1. The Morgan fingerprint density at radius 3 is 2.31 bits per heavy atom. The van der Waals surface area contributed by atoms with E-state index in [0.29, 0.717) is 11.8 Å². The van der Waals surface area contributed by atoms with Gasteiger partial charge in [0, 0.05) is 5.92 Å². The zero-order valence-corrected chi connectivity index (χ0v) is 9.42. The molecule has 13 heavy (non-hydrogen) atoms. The third-order valence-electron chi connectivity index (χ3n) is 2.38. The van der Waals surface area contributed by atoms with Crippen molar-refractivity contribution in [3.63, 3.8) is 0 Å². The van der Waals surface area contributed by atoms with Crippen LogP contribution in [0.2, 0.25) is 0 Å². The molecule has 0 aliphatic heterocycles. The van der Waals surface area contributed by atoms with Crippen LogP contribution in [0.1, 0.15) is 47.5 Å². The molecule has 0 aromatic carbocycles. The maximum atomic E-state index is 5.40. The summed E-state index contributed by atoms with van der Waals surface area (Å²) in [5.74, 6) is 1.37. The van der Waals surface area contributed by atoms with Crippen LogP contribution in [0.3, 0.4) is 0 Å². The normalized spacial score (nSPS) is 26.3. The van der Waals surface area contributed by atoms with Gasteiger partial charge in [0.1, 0.15) is 5.60 Å². The molecule has 1 aliphatic carbocycles. The van der Waals surface area contributed by atoms with E-state index in [1.807, 2.05) is 20.8 Å². The standard InChI is InChI=1S/C11H21NO/c1-8(2)9-6-7-10(9)12-13-11(3,4)5/h8-9H,6-7H2,1-5H3/b12-10-. The van der Waals surface area contributed by atoms with Crippen LogP contribution in [0.5, 0.6) is 0 Å². The van der Waals surface area contributed by atoms with Crippen LogP contribution in [0.4, 0.5) is 0 Å². The van der Waals surface area contributed by atoms with E-state index in [0.717, 1.165) is 6.42 Å². The lowest BCUT2D eigenvalue weighted by Gasteiger charge is -2.31. The Morgan fingerprint density at radius 2 is 2.00 bits per heavy atom. The average molecular weight is 183 g/mol. The van der Waals surface area contributed by atoms with Crippen molar-refractivity contribution < 1.29 is 4.84 Å². The van der Waals surface area contributed by atoms with E-state index in [4.69, 9.17) is 4.84 Å². The fraction of sp³-hybridized carbons (Fsp3) is 0.909. The number of hydrogen-bond acceptors (Lipinski definition) is 2. The molecule has 1 fully saturated rings. The van der Waals surface area contributed by atoms with Crippen LogP contribution < -0.4 is 0 Å². The summed E-state index contributed by atoms with van der Waals surface area (Å²) in [6, 6.07) is 0. The van der Waals surface area contributed by atoms with E-state index in [2.05, 4.69) is 19.0 Å². The van der Waals surface area contributed by atoms with E-state index in [1.165, 1.54) is 12.1 Å². The smallest absolute Gasteiger partial charge is 0.129 e. The summed E-state index contributed by atoms with van der Waals surface area (Å²) >= 11 is 0. The lowest BCUT2D eigenvalue weighted by atomic mass is 9.75. The number of oxime groups is 1. The van der Waals surface area contributed by atoms with Gasteiger partial charge >= 0.3 is 0 Å². The van der Waals surface area contributed by atoms with Crippen LogP contribution in [0, 0.1) is 11.8 Å². The molecule has 0 aromatic heterocycles. The van der Waals surface area contributed by atoms with Crippen molar-refractivity contribution >= 4 is 5.71 Å². The van der Waals surface area contributed by atoms with Gasteiger partial charge in [-0.1, -0.05) is 19.0 Å². The molecule has 0 saturated heterocycles. The molecule has 0 heterocycles. The minimum absolute atomic E-state index is 0.149. The van der Waals surface area contributed by atoms with Crippen LogP contribution >= 0.6 is 0 Å². The highest BCUT2D eigenvalue weighted by molar-refractivity contribution is 5.91. The van der Waals surface area contributed by atoms with Gasteiger partial charge in [-0.15, -0.1) is 0 Å². The van der Waals surface area contributed by atoms with Crippen LogP contribution in [0.15, 0.2) is 5.16 Å². The first kappa shape index (κ1) is 10.6. The van der Waals surface area contributed by atoms with Gasteiger partial charge in [-0.25, -0.2) is 0 Å². The Kier molecular flexibility index (Phi) is 2.99. The first-order valence-electron chi connectivity index (χ1n) is 5.15. The van der Waals surface area contributed by atoms with Crippen molar-refractivity contribution in [2.24, 2.45) is 17.0 Å². The molecule has 0 amide bonds.